The Kier molecular flexibility index (Phi) is 6.17. The second-order valence-corrected chi connectivity index (χ2v) is 12.5. The summed E-state index contributed by atoms with van der Waals surface area (Å²) in [5.41, 5.74) is 4.55. The number of anilines is 1. The Morgan fingerprint density at radius 2 is 1.21 bits per heavy atom. The van der Waals surface area contributed by atoms with Crippen molar-refractivity contribution in [2.24, 2.45) is 11.8 Å². The van der Waals surface area contributed by atoms with Crippen LogP contribution in [0.3, 0.4) is 0 Å². The van der Waals surface area contributed by atoms with E-state index < -0.39 is 45.5 Å². The maximum Gasteiger partial charge on any atom is 0.338 e. The molecule has 0 unspecified atom stereocenters. The summed E-state index contributed by atoms with van der Waals surface area (Å²) in [4.78, 5) is 52.9. The lowest BCUT2D eigenvalue weighted by molar-refractivity contribution is -0.122. The molecule has 3 aliphatic carbocycles. The zero-order valence-corrected chi connectivity index (χ0v) is 24.7. The summed E-state index contributed by atoms with van der Waals surface area (Å²) in [6.07, 6.45) is -1.04. The number of esters is 1. The van der Waals surface area contributed by atoms with Gasteiger partial charge in [0, 0.05) is 5.56 Å². The minimum absolute atomic E-state index is 0.0900. The van der Waals surface area contributed by atoms with Crippen molar-refractivity contribution in [2.45, 2.75) is 29.7 Å². The molecule has 3 atom stereocenters. The summed E-state index contributed by atoms with van der Waals surface area (Å²) in [5.74, 6) is -4.01. The van der Waals surface area contributed by atoms with Gasteiger partial charge in [0.1, 0.15) is 9.75 Å². The Bertz CT molecular complexity index is 1740. The lowest BCUT2D eigenvalue weighted by Gasteiger charge is -2.54. The standard InChI is InChI=1S/C35H25Cl2NO5/c1-19-14-16-21(17-15-19)30(39)20(2)43-33(42)22-8-7-9-23(18-22)38-31(40)28-29(32(38)41)35(37)25-11-4-3-10-24(25)34(28,36)26-12-5-6-13-27(26)35/h3-18,20,28-29H,1-2H3/t20-,28-,29+,34?,35?/m0/s1. The van der Waals surface area contributed by atoms with Crippen LogP contribution in [0.25, 0.3) is 0 Å². The zero-order chi connectivity index (χ0) is 30.3. The molecule has 0 N–H and O–H groups in total. The van der Waals surface area contributed by atoms with E-state index in [1.54, 1.807) is 24.3 Å². The Labute approximate surface area is 258 Å². The minimum Gasteiger partial charge on any atom is -0.451 e. The van der Waals surface area contributed by atoms with Crippen LogP contribution in [0.4, 0.5) is 5.69 Å². The Morgan fingerprint density at radius 1 is 0.721 bits per heavy atom. The van der Waals surface area contributed by atoms with Crippen LogP contribution in [-0.4, -0.2) is 29.7 Å². The SMILES string of the molecule is Cc1ccc(C(=O)[C@H](C)OC(=O)c2cccc(N3C(=O)[C@@H]4[C@H](C3=O)C3(Cl)c5ccccc5C4(Cl)c4ccccc43)c2)cc1. The number of Topliss-reactive ketones (excluding diaryl/α,β-unsaturated/α-hetero) is 1. The van der Waals surface area contributed by atoms with Crippen molar-refractivity contribution in [3.63, 3.8) is 0 Å². The summed E-state index contributed by atoms with van der Waals surface area (Å²) in [7, 11) is 0. The van der Waals surface area contributed by atoms with Gasteiger partial charge in [-0.25, -0.2) is 9.69 Å². The lowest BCUT2D eigenvalue weighted by Crippen LogP contribution is -2.57. The highest BCUT2D eigenvalue weighted by Crippen LogP contribution is 2.69. The third-order valence-electron chi connectivity index (χ3n) is 8.91. The highest BCUT2D eigenvalue weighted by atomic mass is 35.5. The summed E-state index contributed by atoms with van der Waals surface area (Å²) >= 11 is 15.0. The fraction of sp³-hybridized carbons (Fsp3) is 0.200. The number of nitrogens with zero attached hydrogens (tertiary/aromatic N) is 1. The van der Waals surface area contributed by atoms with Crippen LogP contribution in [0.2, 0.25) is 0 Å². The van der Waals surface area contributed by atoms with Crippen molar-refractivity contribution in [1.29, 1.82) is 0 Å². The second-order valence-electron chi connectivity index (χ2n) is 11.3. The second kappa shape index (κ2) is 9.63. The predicted octanol–water partition coefficient (Wildman–Crippen LogP) is 6.52. The number of ether oxygens (including phenoxy) is 1. The first-order valence-corrected chi connectivity index (χ1v) is 14.7. The minimum atomic E-state index is -1.31. The monoisotopic (exact) mass is 609 g/mol. The molecule has 4 aromatic carbocycles. The van der Waals surface area contributed by atoms with E-state index in [1.165, 1.54) is 19.1 Å². The van der Waals surface area contributed by atoms with Crippen molar-refractivity contribution >= 4 is 52.5 Å². The number of halogens is 2. The van der Waals surface area contributed by atoms with E-state index in [9.17, 15) is 19.2 Å². The molecule has 2 bridgehead atoms. The smallest absolute Gasteiger partial charge is 0.338 e. The molecular formula is C35H25Cl2NO5. The van der Waals surface area contributed by atoms with Crippen LogP contribution < -0.4 is 4.90 Å². The molecule has 2 amide bonds. The summed E-state index contributed by atoms with van der Waals surface area (Å²) in [6, 6.07) is 27.9. The van der Waals surface area contributed by atoms with E-state index in [1.807, 2.05) is 67.6 Å². The molecule has 0 spiro atoms. The Balaban J connectivity index is 1.23. The number of carbonyl (C=O) groups is 4. The molecule has 1 aliphatic heterocycles. The van der Waals surface area contributed by atoms with Crippen LogP contribution in [-0.2, 0) is 24.1 Å². The topological polar surface area (TPSA) is 80.8 Å². The van der Waals surface area contributed by atoms with Crippen LogP contribution in [0.15, 0.2) is 97.1 Å². The molecule has 0 saturated carbocycles. The fourth-order valence-electron chi connectivity index (χ4n) is 6.93. The fourth-order valence-corrected chi connectivity index (χ4v) is 8.03. The number of benzene rings is 4. The molecular weight excluding hydrogens is 585 g/mol. The highest BCUT2D eigenvalue weighted by molar-refractivity contribution is 6.38. The molecule has 0 radical (unpaired) electrons. The van der Waals surface area contributed by atoms with E-state index in [0.717, 1.165) is 10.5 Å². The predicted molar refractivity (Wildman–Crippen MR) is 162 cm³/mol. The van der Waals surface area contributed by atoms with Crippen molar-refractivity contribution < 1.29 is 23.9 Å². The molecule has 43 heavy (non-hydrogen) atoms. The normalized spacial score (nSPS) is 25.5. The molecule has 8 rings (SSSR count). The van der Waals surface area contributed by atoms with Crippen molar-refractivity contribution in [2.75, 3.05) is 4.90 Å². The van der Waals surface area contributed by atoms with Crippen molar-refractivity contribution in [3.05, 3.63) is 136 Å². The molecule has 8 heteroatoms. The van der Waals surface area contributed by atoms with Gasteiger partial charge in [0.15, 0.2) is 6.10 Å². The number of aryl methyl sites for hydroxylation is 1. The number of hydrogen-bond donors (Lipinski definition) is 0. The summed E-state index contributed by atoms with van der Waals surface area (Å²) < 4.78 is 5.49. The largest absolute Gasteiger partial charge is 0.451 e. The van der Waals surface area contributed by atoms with Crippen LogP contribution >= 0.6 is 23.2 Å². The van der Waals surface area contributed by atoms with Crippen LogP contribution in [0.1, 0.15) is 55.5 Å². The van der Waals surface area contributed by atoms with Gasteiger partial charge in [-0.2, -0.15) is 0 Å². The Morgan fingerprint density at radius 3 is 1.70 bits per heavy atom. The number of amides is 2. The van der Waals surface area contributed by atoms with Gasteiger partial charge >= 0.3 is 5.97 Å². The van der Waals surface area contributed by atoms with Gasteiger partial charge in [-0.15, -0.1) is 23.2 Å². The molecule has 0 aromatic heterocycles. The van der Waals surface area contributed by atoms with Gasteiger partial charge in [-0.1, -0.05) is 84.4 Å². The number of hydrogen-bond acceptors (Lipinski definition) is 5. The summed E-state index contributed by atoms with van der Waals surface area (Å²) in [6.45, 7) is 3.42. The zero-order valence-electron chi connectivity index (χ0n) is 23.2. The maximum atomic E-state index is 14.2. The number of imide groups is 1. The molecule has 214 valence electrons. The van der Waals surface area contributed by atoms with Gasteiger partial charge in [0.05, 0.1) is 23.1 Å². The molecule has 4 aromatic rings. The van der Waals surface area contributed by atoms with E-state index in [-0.39, 0.29) is 17.0 Å². The first-order valence-electron chi connectivity index (χ1n) is 14.0. The quantitative estimate of drug-likeness (QED) is 0.111. The number of ketones is 1. The lowest BCUT2D eigenvalue weighted by atomic mass is 9.54. The molecule has 4 aliphatic rings. The molecule has 1 fully saturated rings. The van der Waals surface area contributed by atoms with Gasteiger partial charge in [-0.05, 0) is 54.3 Å². The van der Waals surface area contributed by atoms with E-state index in [0.29, 0.717) is 27.8 Å². The number of rotatable bonds is 5. The van der Waals surface area contributed by atoms with Crippen LogP contribution in [0.5, 0.6) is 0 Å². The van der Waals surface area contributed by atoms with E-state index in [4.69, 9.17) is 27.9 Å². The van der Waals surface area contributed by atoms with Crippen molar-refractivity contribution in [3.8, 4) is 0 Å². The van der Waals surface area contributed by atoms with Crippen LogP contribution in [0, 0.1) is 18.8 Å². The van der Waals surface area contributed by atoms with Gasteiger partial charge in [0.25, 0.3) is 0 Å². The van der Waals surface area contributed by atoms with Crippen molar-refractivity contribution in [1.82, 2.24) is 0 Å². The highest BCUT2D eigenvalue weighted by Gasteiger charge is 2.73. The molecule has 1 saturated heterocycles. The Hall–Kier alpha value is -4.26. The first kappa shape index (κ1) is 27.6. The third-order valence-corrected chi connectivity index (χ3v) is 10.2. The van der Waals surface area contributed by atoms with Gasteiger partial charge < -0.3 is 4.74 Å². The van der Waals surface area contributed by atoms with Gasteiger partial charge in [0.2, 0.25) is 17.6 Å². The third kappa shape index (κ3) is 3.73. The first-order chi connectivity index (χ1) is 20.6. The van der Waals surface area contributed by atoms with Gasteiger partial charge in [-0.3, -0.25) is 14.4 Å². The maximum absolute atomic E-state index is 14.2. The number of carbonyl (C=O) groups excluding carboxylic acids is 4. The number of alkyl halides is 2. The van der Waals surface area contributed by atoms with E-state index >= 15 is 0 Å². The van der Waals surface area contributed by atoms with E-state index in [2.05, 4.69) is 0 Å². The molecule has 6 nitrogen and oxygen atoms in total. The average molecular weight is 610 g/mol. The summed E-state index contributed by atoms with van der Waals surface area (Å²) in [5, 5.41) is 0. The average Bonchev–Trinajstić information content (AvgIpc) is 3.30. The molecule has 1 heterocycles.